The van der Waals surface area contributed by atoms with E-state index in [1.54, 1.807) is 37.5 Å². The molecule has 0 bridgehead atoms. The molecule has 0 amide bonds. The van der Waals surface area contributed by atoms with Gasteiger partial charge in [0.15, 0.2) is 0 Å². The molecule has 2 aromatic rings. The number of furan rings is 1. The molecule has 1 aromatic heterocycles. The van der Waals surface area contributed by atoms with Crippen molar-refractivity contribution in [2.75, 3.05) is 0 Å². The maximum Gasteiger partial charge on any atom is 0.146 e. The van der Waals surface area contributed by atoms with Crippen LogP contribution < -0.4 is 10.5 Å². The van der Waals surface area contributed by atoms with E-state index in [0.29, 0.717) is 17.1 Å². The summed E-state index contributed by atoms with van der Waals surface area (Å²) in [5.41, 5.74) is 6.11. The minimum atomic E-state index is -0.414. The van der Waals surface area contributed by atoms with E-state index in [1.807, 2.05) is 0 Å². The lowest BCUT2D eigenvalue weighted by atomic mass is 10.1. The van der Waals surface area contributed by atoms with Crippen LogP contribution in [0.2, 0.25) is 0 Å². The van der Waals surface area contributed by atoms with Gasteiger partial charge in [0, 0.05) is 11.6 Å². The Kier molecular flexibility index (Phi) is 3.44. The maximum absolute atomic E-state index is 13.6. The normalized spacial score (nSPS) is 12.4. The highest BCUT2D eigenvalue weighted by Gasteiger charge is 2.13. The van der Waals surface area contributed by atoms with Crippen molar-refractivity contribution >= 4 is 0 Å². The molecule has 4 heteroatoms. The molecule has 2 N–H and O–H groups in total. The molecule has 0 spiro atoms. The van der Waals surface area contributed by atoms with Crippen LogP contribution in [0.25, 0.3) is 0 Å². The van der Waals surface area contributed by atoms with E-state index in [-0.39, 0.29) is 12.4 Å². The molecule has 0 radical (unpaired) electrons. The van der Waals surface area contributed by atoms with Gasteiger partial charge in [-0.25, -0.2) is 4.39 Å². The highest BCUT2D eigenvalue weighted by molar-refractivity contribution is 5.36. The number of nitrogens with two attached hydrogens (primary N) is 1. The number of ether oxygens (including phenoxy) is 1. The molecule has 17 heavy (non-hydrogen) atoms. The Labute approximate surface area is 99.0 Å². The van der Waals surface area contributed by atoms with Crippen molar-refractivity contribution in [2.45, 2.75) is 19.6 Å². The van der Waals surface area contributed by atoms with E-state index in [1.165, 1.54) is 6.07 Å². The minimum Gasteiger partial charge on any atom is -0.485 e. The third kappa shape index (κ3) is 2.65. The highest BCUT2D eigenvalue weighted by Crippen LogP contribution is 2.27. The van der Waals surface area contributed by atoms with Gasteiger partial charge >= 0.3 is 0 Å². The Bertz CT molecular complexity index is 480. The average Bonchev–Trinajstić information content (AvgIpc) is 2.78. The molecular weight excluding hydrogens is 221 g/mol. The zero-order valence-corrected chi connectivity index (χ0v) is 9.52. The smallest absolute Gasteiger partial charge is 0.146 e. The van der Waals surface area contributed by atoms with Crippen molar-refractivity contribution in [2.24, 2.45) is 5.73 Å². The van der Waals surface area contributed by atoms with Gasteiger partial charge in [0.25, 0.3) is 0 Å². The first-order chi connectivity index (χ1) is 8.18. The summed E-state index contributed by atoms with van der Waals surface area (Å²) in [7, 11) is 0. The van der Waals surface area contributed by atoms with Gasteiger partial charge in [0.2, 0.25) is 0 Å². The monoisotopic (exact) mass is 235 g/mol. The molecule has 0 unspecified atom stereocenters. The van der Waals surface area contributed by atoms with Crippen molar-refractivity contribution in [1.82, 2.24) is 0 Å². The third-order valence-electron chi connectivity index (χ3n) is 2.42. The molecule has 0 aliphatic carbocycles. The van der Waals surface area contributed by atoms with Crippen LogP contribution in [0.3, 0.4) is 0 Å². The van der Waals surface area contributed by atoms with Gasteiger partial charge < -0.3 is 14.9 Å². The number of hydrogen-bond acceptors (Lipinski definition) is 3. The average molecular weight is 235 g/mol. The molecule has 1 heterocycles. The van der Waals surface area contributed by atoms with Crippen molar-refractivity contribution < 1.29 is 13.5 Å². The molecule has 1 aromatic carbocycles. The summed E-state index contributed by atoms with van der Waals surface area (Å²) in [6, 6.07) is 7.83. The Morgan fingerprint density at radius 3 is 2.82 bits per heavy atom. The lowest BCUT2D eigenvalue weighted by Crippen LogP contribution is -2.10. The predicted molar refractivity (Wildman–Crippen MR) is 62.0 cm³/mol. The highest BCUT2D eigenvalue weighted by atomic mass is 19.1. The van der Waals surface area contributed by atoms with Crippen molar-refractivity contribution in [3.63, 3.8) is 0 Å². The van der Waals surface area contributed by atoms with Crippen LogP contribution in [0.1, 0.15) is 24.3 Å². The summed E-state index contributed by atoms with van der Waals surface area (Å²) >= 11 is 0. The first-order valence-electron chi connectivity index (χ1n) is 5.37. The minimum absolute atomic E-state index is 0.260. The summed E-state index contributed by atoms with van der Waals surface area (Å²) < 4.78 is 24.2. The molecule has 0 aliphatic heterocycles. The van der Waals surface area contributed by atoms with Crippen molar-refractivity contribution in [1.29, 1.82) is 0 Å². The third-order valence-corrected chi connectivity index (χ3v) is 2.42. The Balaban J connectivity index is 2.18. The molecule has 0 fully saturated rings. The van der Waals surface area contributed by atoms with E-state index < -0.39 is 6.04 Å². The maximum atomic E-state index is 13.6. The zero-order valence-electron chi connectivity index (χ0n) is 9.52. The molecule has 0 saturated carbocycles. The van der Waals surface area contributed by atoms with Crippen LogP contribution in [0.5, 0.6) is 5.75 Å². The quantitative estimate of drug-likeness (QED) is 0.886. The summed E-state index contributed by atoms with van der Waals surface area (Å²) in [5.74, 6) is 0.790. The van der Waals surface area contributed by atoms with Crippen LogP contribution >= 0.6 is 0 Å². The molecule has 3 nitrogen and oxygen atoms in total. The molecule has 0 saturated heterocycles. The number of rotatable bonds is 4. The molecule has 0 aliphatic rings. The SMILES string of the molecule is C[C@@H](N)c1c(F)cccc1OCc1ccco1. The van der Waals surface area contributed by atoms with Gasteiger partial charge in [-0.3, -0.25) is 0 Å². The van der Waals surface area contributed by atoms with Gasteiger partial charge in [-0.1, -0.05) is 6.07 Å². The standard InChI is InChI=1S/C13H14FNO2/c1-9(15)13-11(14)5-2-6-12(13)17-8-10-4-3-7-16-10/h2-7,9H,8,15H2,1H3/t9-/m1/s1. The van der Waals surface area contributed by atoms with E-state index in [0.717, 1.165) is 0 Å². The fourth-order valence-electron chi connectivity index (χ4n) is 1.63. The molecule has 1 atom stereocenters. The summed E-state index contributed by atoms with van der Waals surface area (Å²) in [6.07, 6.45) is 1.57. The summed E-state index contributed by atoms with van der Waals surface area (Å²) in [5, 5.41) is 0. The lowest BCUT2D eigenvalue weighted by Gasteiger charge is -2.13. The number of halogens is 1. The molecule has 90 valence electrons. The fourth-order valence-corrected chi connectivity index (χ4v) is 1.63. The van der Waals surface area contributed by atoms with Gasteiger partial charge in [0.05, 0.1) is 6.26 Å². The summed E-state index contributed by atoms with van der Waals surface area (Å²) in [4.78, 5) is 0. The molecular formula is C13H14FNO2. The van der Waals surface area contributed by atoms with Gasteiger partial charge in [-0.15, -0.1) is 0 Å². The number of hydrogen-bond donors (Lipinski definition) is 1. The molecule has 2 rings (SSSR count). The Morgan fingerprint density at radius 2 is 2.18 bits per heavy atom. The van der Waals surface area contributed by atoms with E-state index in [2.05, 4.69) is 0 Å². The van der Waals surface area contributed by atoms with Gasteiger partial charge in [-0.2, -0.15) is 0 Å². The van der Waals surface area contributed by atoms with Gasteiger partial charge in [0.1, 0.15) is 23.9 Å². The van der Waals surface area contributed by atoms with Crippen LogP contribution in [0.4, 0.5) is 4.39 Å². The Hall–Kier alpha value is -1.81. The second kappa shape index (κ2) is 5.01. The van der Waals surface area contributed by atoms with Gasteiger partial charge in [-0.05, 0) is 31.2 Å². The van der Waals surface area contributed by atoms with Crippen molar-refractivity contribution in [3.8, 4) is 5.75 Å². The summed E-state index contributed by atoms with van der Waals surface area (Å²) in [6.45, 7) is 1.98. The number of benzene rings is 1. The van der Waals surface area contributed by atoms with E-state index in [9.17, 15) is 4.39 Å². The second-order valence-corrected chi connectivity index (χ2v) is 3.81. The topological polar surface area (TPSA) is 48.4 Å². The zero-order chi connectivity index (χ0) is 12.3. The largest absolute Gasteiger partial charge is 0.485 e. The first kappa shape index (κ1) is 11.7. The lowest BCUT2D eigenvalue weighted by molar-refractivity contribution is 0.265. The van der Waals surface area contributed by atoms with Crippen LogP contribution in [-0.4, -0.2) is 0 Å². The van der Waals surface area contributed by atoms with Crippen LogP contribution in [0.15, 0.2) is 41.0 Å². The Morgan fingerprint density at radius 1 is 1.35 bits per heavy atom. The van der Waals surface area contributed by atoms with Crippen LogP contribution in [-0.2, 0) is 6.61 Å². The fraction of sp³-hybridized carbons (Fsp3) is 0.231. The van der Waals surface area contributed by atoms with Crippen LogP contribution in [0, 0.1) is 5.82 Å². The predicted octanol–water partition coefficient (Wildman–Crippen LogP) is 3.02. The first-order valence-corrected chi connectivity index (χ1v) is 5.37. The van der Waals surface area contributed by atoms with Crippen molar-refractivity contribution in [3.05, 3.63) is 53.7 Å². The van der Waals surface area contributed by atoms with E-state index in [4.69, 9.17) is 14.9 Å². The van der Waals surface area contributed by atoms with E-state index >= 15 is 0 Å². The second-order valence-electron chi connectivity index (χ2n) is 3.81.